The van der Waals surface area contributed by atoms with Crippen LogP contribution in [0, 0.1) is 6.92 Å². The number of aromatic amines is 1. The summed E-state index contributed by atoms with van der Waals surface area (Å²) in [7, 11) is 1.89. The molecule has 9 heteroatoms. The molecule has 5 rings (SSSR count). The largest absolute Gasteiger partial charge is 0.457 e. The van der Waals surface area contributed by atoms with Gasteiger partial charge < -0.3 is 4.42 Å². The molecule has 5 heterocycles. The maximum absolute atomic E-state index is 6.29. The van der Waals surface area contributed by atoms with Crippen molar-refractivity contribution in [1.82, 2.24) is 39.6 Å². The van der Waals surface area contributed by atoms with Gasteiger partial charge in [0.2, 0.25) is 0 Å². The van der Waals surface area contributed by atoms with E-state index in [0.29, 0.717) is 11.6 Å². The van der Waals surface area contributed by atoms with E-state index < -0.39 is 0 Å². The van der Waals surface area contributed by atoms with Crippen LogP contribution in [0.5, 0.6) is 0 Å². The third kappa shape index (κ3) is 3.35. The van der Waals surface area contributed by atoms with Gasteiger partial charge in [0.15, 0.2) is 17.4 Å². The van der Waals surface area contributed by atoms with E-state index in [9.17, 15) is 0 Å². The summed E-state index contributed by atoms with van der Waals surface area (Å²) in [6.07, 6.45) is 8.83. The zero-order valence-corrected chi connectivity index (χ0v) is 17.6. The Morgan fingerprint density at radius 3 is 2.70 bits per heavy atom. The summed E-state index contributed by atoms with van der Waals surface area (Å²) in [5.74, 6) is 3.01. The Labute approximate surface area is 174 Å². The average Bonchev–Trinajstić information content (AvgIpc) is 3.53. The van der Waals surface area contributed by atoms with Gasteiger partial charge in [-0.1, -0.05) is 6.92 Å². The van der Waals surface area contributed by atoms with Crippen molar-refractivity contribution in [3.63, 3.8) is 0 Å². The van der Waals surface area contributed by atoms with Crippen LogP contribution in [0.4, 0.5) is 0 Å². The second-order valence-electron chi connectivity index (χ2n) is 7.85. The normalized spacial score (nSPS) is 14.8. The minimum Gasteiger partial charge on any atom is -0.457 e. The van der Waals surface area contributed by atoms with E-state index in [1.807, 2.05) is 20.2 Å². The number of furan rings is 1. The van der Waals surface area contributed by atoms with Crippen molar-refractivity contribution in [1.29, 1.82) is 0 Å². The first-order chi connectivity index (χ1) is 14.6. The molecule has 0 bridgehead atoms. The van der Waals surface area contributed by atoms with Crippen LogP contribution in [0.15, 0.2) is 29.1 Å². The molecule has 0 atom stereocenters. The van der Waals surface area contributed by atoms with E-state index in [0.717, 1.165) is 54.5 Å². The maximum atomic E-state index is 6.29. The van der Waals surface area contributed by atoms with E-state index in [1.54, 1.807) is 21.8 Å². The molecule has 0 amide bonds. The molecule has 156 valence electrons. The Balaban J connectivity index is 1.60. The Hall–Kier alpha value is -3.20. The van der Waals surface area contributed by atoms with E-state index in [4.69, 9.17) is 14.5 Å². The monoisotopic (exact) mass is 406 g/mol. The molecule has 0 aliphatic carbocycles. The molecule has 1 saturated heterocycles. The molecule has 0 unspecified atom stereocenters. The van der Waals surface area contributed by atoms with Crippen LogP contribution >= 0.6 is 0 Å². The van der Waals surface area contributed by atoms with Gasteiger partial charge in [0.05, 0.1) is 24.2 Å². The third-order valence-corrected chi connectivity index (χ3v) is 5.64. The summed E-state index contributed by atoms with van der Waals surface area (Å²) >= 11 is 0. The second-order valence-corrected chi connectivity index (χ2v) is 7.85. The molecular formula is C21H26N8O. The van der Waals surface area contributed by atoms with Crippen molar-refractivity contribution >= 4 is 0 Å². The zero-order chi connectivity index (χ0) is 20.7. The fourth-order valence-corrected chi connectivity index (χ4v) is 4.05. The molecule has 4 aromatic rings. The highest BCUT2D eigenvalue weighted by Gasteiger charge is 2.23. The van der Waals surface area contributed by atoms with E-state index in [-0.39, 0.29) is 0 Å². The minimum atomic E-state index is 0.607. The van der Waals surface area contributed by atoms with E-state index >= 15 is 0 Å². The first-order valence-electron chi connectivity index (χ1n) is 10.4. The fourth-order valence-electron chi connectivity index (χ4n) is 4.05. The van der Waals surface area contributed by atoms with Gasteiger partial charge in [0.25, 0.3) is 0 Å². The highest BCUT2D eigenvalue weighted by Crippen LogP contribution is 2.30. The van der Waals surface area contributed by atoms with E-state index in [2.05, 4.69) is 33.2 Å². The van der Waals surface area contributed by atoms with Gasteiger partial charge >= 0.3 is 0 Å². The van der Waals surface area contributed by atoms with Crippen LogP contribution in [0.2, 0.25) is 0 Å². The lowest BCUT2D eigenvalue weighted by molar-refractivity contribution is 0.327. The molecule has 0 radical (unpaired) electrons. The van der Waals surface area contributed by atoms with Crippen LogP contribution in [0.1, 0.15) is 36.8 Å². The lowest BCUT2D eigenvalue weighted by Gasteiger charge is -2.13. The second kappa shape index (κ2) is 7.56. The number of nitrogens with zero attached hydrogens (tertiary/aromatic N) is 7. The molecule has 30 heavy (non-hydrogen) atoms. The molecule has 4 aromatic heterocycles. The van der Waals surface area contributed by atoms with Crippen molar-refractivity contribution in [3.05, 3.63) is 41.7 Å². The number of rotatable bonds is 6. The van der Waals surface area contributed by atoms with Crippen molar-refractivity contribution in [2.24, 2.45) is 7.05 Å². The fraction of sp³-hybridized carbons (Fsp3) is 0.429. The molecule has 9 nitrogen and oxygen atoms in total. The Kier molecular flexibility index (Phi) is 4.74. The highest BCUT2D eigenvalue weighted by atomic mass is 16.3. The van der Waals surface area contributed by atoms with Gasteiger partial charge in [-0.15, -0.1) is 5.10 Å². The summed E-state index contributed by atoms with van der Waals surface area (Å²) in [6.45, 7) is 7.31. The molecule has 1 N–H and O–H groups in total. The molecule has 1 aliphatic heterocycles. The van der Waals surface area contributed by atoms with Crippen molar-refractivity contribution in [2.75, 3.05) is 13.1 Å². The summed E-state index contributed by atoms with van der Waals surface area (Å²) in [5.41, 5.74) is 3.87. The van der Waals surface area contributed by atoms with Crippen molar-refractivity contribution in [3.8, 4) is 28.7 Å². The predicted octanol–water partition coefficient (Wildman–Crippen LogP) is 3.12. The molecule has 0 saturated carbocycles. The predicted molar refractivity (Wildman–Crippen MR) is 112 cm³/mol. The van der Waals surface area contributed by atoms with Crippen LogP contribution in [-0.4, -0.2) is 52.7 Å². The molecule has 0 spiro atoms. The summed E-state index contributed by atoms with van der Waals surface area (Å²) in [5, 5.41) is 16.1. The van der Waals surface area contributed by atoms with Gasteiger partial charge in [-0.05, 0) is 38.9 Å². The number of nitrogens with one attached hydrogen (secondary N) is 1. The molecule has 0 aromatic carbocycles. The summed E-state index contributed by atoms with van der Waals surface area (Å²) < 4.78 is 9.84. The van der Waals surface area contributed by atoms with E-state index in [1.165, 1.54) is 18.4 Å². The van der Waals surface area contributed by atoms with Gasteiger partial charge in [-0.3, -0.25) is 14.7 Å². The third-order valence-electron chi connectivity index (χ3n) is 5.64. The molecule has 1 fully saturated rings. The van der Waals surface area contributed by atoms with Crippen LogP contribution in [-0.2, 0) is 20.0 Å². The Bertz CT molecular complexity index is 1160. The summed E-state index contributed by atoms with van der Waals surface area (Å²) in [6, 6.07) is 2.13. The standard InChI is InChI=1S/C21H26N8O/c1-4-18-15(12-28-7-5-6-8-28)9-19(30-18)21-24-20(17-11-22-25-14(17)2)26-29(21)16-10-23-27(3)13-16/h9-11,13H,4-8,12H2,1-3H3,(H,22,25). The number of likely N-dealkylation sites (tertiary alicyclic amines) is 1. The van der Waals surface area contributed by atoms with Gasteiger partial charge in [0, 0.05) is 31.3 Å². The molecule has 1 aliphatic rings. The zero-order valence-electron chi connectivity index (χ0n) is 17.6. The number of H-pyrrole nitrogens is 1. The SMILES string of the molecule is CCc1oc(-c2nc(-c3cn[nH]c3C)nn2-c2cnn(C)c2)cc1CN1CCCC1. The number of aryl methyl sites for hydroxylation is 3. The smallest absolute Gasteiger partial charge is 0.199 e. The first-order valence-corrected chi connectivity index (χ1v) is 10.4. The van der Waals surface area contributed by atoms with Crippen molar-refractivity contribution in [2.45, 2.75) is 39.7 Å². The van der Waals surface area contributed by atoms with Gasteiger partial charge in [-0.25, -0.2) is 9.67 Å². The number of hydrogen-bond acceptors (Lipinski definition) is 6. The quantitative estimate of drug-likeness (QED) is 0.529. The van der Waals surface area contributed by atoms with Gasteiger partial charge in [0.1, 0.15) is 11.4 Å². The van der Waals surface area contributed by atoms with Crippen molar-refractivity contribution < 1.29 is 4.42 Å². The Morgan fingerprint density at radius 1 is 1.20 bits per heavy atom. The minimum absolute atomic E-state index is 0.607. The van der Waals surface area contributed by atoms with Crippen LogP contribution < -0.4 is 0 Å². The lowest BCUT2D eigenvalue weighted by Crippen LogP contribution is -2.18. The lowest BCUT2D eigenvalue weighted by atomic mass is 10.2. The average molecular weight is 406 g/mol. The topological polar surface area (TPSA) is 93.6 Å². The highest BCUT2D eigenvalue weighted by molar-refractivity contribution is 5.62. The molecular weight excluding hydrogens is 380 g/mol. The van der Waals surface area contributed by atoms with Gasteiger partial charge in [-0.2, -0.15) is 10.2 Å². The van der Waals surface area contributed by atoms with Crippen LogP contribution in [0.25, 0.3) is 28.7 Å². The first kappa shape index (κ1) is 18.8. The Morgan fingerprint density at radius 2 is 2.03 bits per heavy atom. The number of hydrogen-bond donors (Lipinski definition) is 1. The van der Waals surface area contributed by atoms with Crippen LogP contribution in [0.3, 0.4) is 0 Å². The maximum Gasteiger partial charge on any atom is 0.199 e. The summed E-state index contributed by atoms with van der Waals surface area (Å²) in [4.78, 5) is 7.32. The number of aromatic nitrogens is 7.